The zero-order valence-electron chi connectivity index (χ0n) is 14.1. The van der Waals surface area contributed by atoms with Crippen LogP contribution in [0.25, 0.3) is 0 Å². The van der Waals surface area contributed by atoms with E-state index in [1.54, 1.807) is 6.07 Å². The summed E-state index contributed by atoms with van der Waals surface area (Å²) in [6.07, 6.45) is 3.07. The van der Waals surface area contributed by atoms with Crippen molar-refractivity contribution < 1.29 is 9.13 Å². The van der Waals surface area contributed by atoms with Crippen LogP contribution >= 0.6 is 0 Å². The molecule has 0 spiro atoms. The van der Waals surface area contributed by atoms with Crippen molar-refractivity contribution in [3.63, 3.8) is 0 Å². The number of hydrogen-bond acceptors (Lipinski definition) is 3. The number of hydrogen-bond donors (Lipinski definition) is 1. The van der Waals surface area contributed by atoms with Crippen LogP contribution in [0.2, 0.25) is 0 Å². The highest BCUT2D eigenvalue weighted by Gasteiger charge is 2.21. The molecule has 124 valence electrons. The van der Waals surface area contributed by atoms with E-state index in [1.165, 1.54) is 24.5 Å². The summed E-state index contributed by atoms with van der Waals surface area (Å²) in [7, 11) is 0. The first kappa shape index (κ1) is 17.4. The molecule has 1 aromatic rings. The lowest BCUT2D eigenvalue weighted by Gasteiger charge is -2.35. The number of ether oxygens (including phenoxy) is 1. The summed E-state index contributed by atoms with van der Waals surface area (Å²) in [5.74, 6) is -0.157. The molecule has 1 saturated heterocycles. The standard InChI is InChI=1S/C18H29FN2O/c1-14-10-18(19)7-6-17(14)11-20-8-4-5-9-21-12-15(2)22-16(3)13-21/h6-7,10,15-16,20H,4-5,8-9,11-13H2,1-3H3. The van der Waals surface area contributed by atoms with E-state index in [2.05, 4.69) is 24.1 Å². The molecular weight excluding hydrogens is 279 g/mol. The van der Waals surface area contributed by atoms with Gasteiger partial charge < -0.3 is 10.1 Å². The fourth-order valence-electron chi connectivity index (χ4n) is 3.13. The molecule has 2 rings (SSSR count). The van der Waals surface area contributed by atoms with Gasteiger partial charge in [-0.25, -0.2) is 4.39 Å². The van der Waals surface area contributed by atoms with Gasteiger partial charge in [-0.2, -0.15) is 0 Å². The van der Waals surface area contributed by atoms with Crippen LogP contribution in [0.5, 0.6) is 0 Å². The van der Waals surface area contributed by atoms with Crippen molar-refractivity contribution in [2.24, 2.45) is 0 Å². The topological polar surface area (TPSA) is 24.5 Å². The predicted molar refractivity (Wildman–Crippen MR) is 88.5 cm³/mol. The Labute approximate surface area is 133 Å². The largest absolute Gasteiger partial charge is 0.373 e. The van der Waals surface area contributed by atoms with Gasteiger partial charge in [0.1, 0.15) is 5.82 Å². The van der Waals surface area contributed by atoms with Gasteiger partial charge in [0.15, 0.2) is 0 Å². The summed E-state index contributed by atoms with van der Waals surface area (Å²) in [5, 5.41) is 3.45. The third-order valence-corrected chi connectivity index (χ3v) is 4.19. The van der Waals surface area contributed by atoms with Crippen molar-refractivity contribution in [2.75, 3.05) is 26.2 Å². The molecule has 4 heteroatoms. The fraction of sp³-hybridized carbons (Fsp3) is 0.667. The summed E-state index contributed by atoms with van der Waals surface area (Å²) in [6.45, 7) is 11.3. The third-order valence-electron chi connectivity index (χ3n) is 4.19. The van der Waals surface area contributed by atoms with Crippen LogP contribution in [-0.2, 0) is 11.3 Å². The summed E-state index contributed by atoms with van der Waals surface area (Å²) in [6, 6.07) is 5.00. The Hall–Kier alpha value is -0.970. The lowest BCUT2D eigenvalue weighted by atomic mass is 10.1. The molecule has 0 radical (unpaired) electrons. The van der Waals surface area contributed by atoms with Crippen molar-refractivity contribution in [2.45, 2.75) is 52.4 Å². The average Bonchev–Trinajstić information content (AvgIpc) is 2.43. The maximum atomic E-state index is 13.0. The van der Waals surface area contributed by atoms with Gasteiger partial charge in [-0.1, -0.05) is 6.07 Å². The molecule has 0 bridgehead atoms. The minimum Gasteiger partial charge on any atom is -0.373 e. The Morgan fingerprint density at radius 2 is 1.95 bits per heavy atom. The monoisotopic (exact) mass is 308 g/mol. The number of rotatable bonds is 7. The number of morpholine rings is 1. The van der Waals surface area contributed by atoms with Crippen LogP contribution in [0.3, 0.4) is 0 Å². The normalized spacial score (nSPS) is 22.9. The molecule has 1 aromatic carbocycles. The van der Waals surface area contributed by atoms with Gasteiger partial charge in [-0.05, 0) is 70.0 Å². The first-order valence-electron chi connectivity index (χ1n) is 8.38. The molecular formula is C18H29FN2O. The molecule has 0 aliphatic carbocycles. The van der Waals surface area contributed by atoms with E-state index in [9.17, 15) is 4.39 Å². The maximum Gasteiger partial charge on any atom is 0.123 e. The first-order chi connectivity index (χ1) is 10.5. The van der Waals surface area contributed by atoms with E-state index in [-0.39, 0.29) is 5.82 Å². The zero-order valence-corrected chi connectivity index (χ0v) is 14.1. The van der Waals surface area contributed by atoms with Crippen LogP contribution in [0.4, 0.5) is 4.39 Å². The molecule has 1 heterocycles. The van der Waals surface area contributed by atoms with Gasteiger partial charge in [0.2, 0.25) is 0 Å². The van der Waals surface area contributed by atoms with E-state index in [4.69, 9.17) is 4.74 Å². The van der Waals surface area contributed by atoms with E-state index in [0.29, 0.717) is 12.2 Å². The lowest BCUT2D eigenvalue weighted by molar-refractivity contribution is -0.0681. The second kappa shape index (κ2) is 8.61. The number of aryl methyl sites for hydroxylation is 1. The smallest absolute Gasteiger partial charge is 0.123 e. The van der Waals surface area contributed by atoms with Gasteiger partial charge in [0.05, 0.1) is 12.2 Å². The summed E-state index contributed by atoms with van der Waals surface area (Å²) < 4.78 is 18.8. The van der Waals surface area contributed by atoms with E-state index >= 15 is 0 Å². The Bertz CT molecular complexity index is 456. The van der Waals surface area contributed by atoms with Gasteiger partial charge >= 0.3 is 0 Å². The second-order valence-electron chi connectivity index (χ2n) is 6.47. The van der Waals surface area contributed by atoms with Crippen LogP contribution in [0, 0.1) is 12.7 Å². The number of nitrogens with zero attached hydrogens (tertiary/aromatic N) is 1. The maximum absolute atomic E-state index is 13.0. The number of unbranched alkanes of at least 4 members (excludes halogenated alkanes) is 1. The molecule has 1 aliphatic rings. The van der Waals surface area contributed by atoms with Gasteiger partial charge in [0, 0.05) is 19.6 Å². The minimum atomic E-state index is -0.157. The van der Waals surface area contributed by atoms with Crippen LogP contribution in [-0.4, -0.2) is 43.3 Å². The van der Waals surface area contributed by atoms with E-state index in [1.807, 2.05) is 13.0 Å². The Kier molecular flexibility index (Phi) is 6.80. The molecule has 0 aromatic heterocycles. The molecule has 0 amide bonds. The van der Waals surface area contributed by atoms with Crippen molar-refractivity contribution in [1.29, 1.82) is 0 Å². The van der Waals surface area contributed by atoms with Crippen molar-refractivity contribution >= 4 is 0 Å². The SMILES string of the molecule is Cc1cc(F)ccc1CNCCCCN1CC(C)OC(C)C1. The highest BCUT2D eigenvalue weighted by molar-refractivity contribution is 5.26. The Morgan fingerprint density at radius 3 is 2.64 bits per heavy atom. The van der Waals surface area contributed by atoms with Crippen LogP contribution < -0.4 is 5.32 Å². The highest BCUT2D eigenvalue weighted by atomic mass is 19.1. The van der Waals surface area contributed by atoms with Crippen LogP contribution in [0.1, 0.15) is 37.8 Å². The van der Waals surface area contributed by atoms with E-state index < -0.39 is 0 Å². The summed E-state index contributed by atoms with van der Waals surface area (Å²) in [5.41, 5.74) is 2.20. The van der Waals surface area contributed by atoms with Crippen LogP contribution in [0.15, 0.2) is 18.2 Å². The molecule has 2 unspecified atom stereocenters. The van der Waals surface area contributed by atoms with Crippen molar-refractivity contribution in [1.82, 2.24) is 10.2 Å². The Balaban J connectivity index is 1.57. The number of nitrogens with one attached hydrogen (secondary N) is 1. The van der Waals surface area contributed by atoms with Gasteiger partial charge in [-0.15, -0.1) is 0 Å². The molecule has 22 heavy (non-hydrogen) atoms. The fourth-order valence-corrected chi connectivity index (χ4v) is 3.13. The van der Waals surface area contributed by atoms with Crippen molar-refractivity contribution in [3.05, 3.63) is 35.1 Å². The zero-order chi connectivity index (χ0) is 15.9. The minimum absolute atomic E-state index is 0.157. The predicted octanol–water partition coefficient (Wildman–Crippen LogP) is 3.11. The lowest BCUT2D eigenvalue weighted by Crippen LogP contribution is -2.45. The molecule has 3 nitrogen and oxygen atoms in total. The summed E-state index contributed by atoms with van der Waals surface area (Å²) >= 11 is 0. The molecule has 0 saturated carbocycles. The average molecular weight is 308 g/mol. The number of benzene rings is 1. The van der Waals surface area contributed by atoms with E-state index in [0.717, 1.165) is 38.3 Å². The Morgan fingerprint density at radius 1 is 1.23 bits per heavy atom. The highest BCUT2D eigenvalue weighted by Crippen LogP contribution is 2.12. The third kappa shape index (κ3) is 5.67. The second-order valence-corrected chi connectivity index (χ2v) is 6.47. The quantitative estimate of drug-likeness (QED) is 0.783. The van der Waals surface area contributed by atoms with Gasteiger partial charge in [0.25, 0.3) is 0 Å². The first-order valence-corrected chi connectivity index (χ1v) is 8.38. The van der Waals surface area contributed by atoms with Crippen molar-refractivity contribution in [3.8, 4) is 0 Å². The molecule has 1 N–H and O–H groups in total. The van der Waals surface area contributed by atoms with Gasteiger partial charge in [-0.3, -0.25) is 4.90 Å². The molecule has 1 aliphatic heterocycles. The molecule has 2 atom stereocenters. The summed E-state index contributed by atoms with van der Waals surface area (Å²) in [4.78, 5) is 2.50. The molecule has 1 fully saturated rings. The number of halogens is 1.